The van der Waals surface area contributed by atoms with Gasteiger partial charge in [-0.05, 0) is 30.5 Å². The van der Waals surface area contributed by atoms with Crippen LogP contribution >= 0.6 is 0 Å². The number of carbonyl (C=O) groups excluding carboxylic acids is 1. The predicted octanol–water partition coefficient (Wildman–Crippen LogP) is 3.06. The van der Waals surface area contributed by atoms with E-state index in [1.165, 1.54) is 32.1 Å². The molecular formula is C18H30N2O3. The molecule has 1 aromatic rings. The Morgan fingerprint density at radius 3 is 2.09 bits per heavy atom. The fourth-order valence-electron chi connectivity index (χ4n) is 2.40. The van der Waals surface area contributed by atoms with Gasteiger partial charge in [-0.1, -0.05) is 50.7 Å². The lowest BCUT2D eigenvalue weighted by Crippen LogP contribution is -2.29. The molecule has 1 amide bonds. The number of hydrogen-bond donors (Lipinski definition) is 3. The number of hydrazine groups is 1. The van der Waals surface area contributed by atoms with Crippen molar-refractivity contribution in [1.82, 2.24) is 5.43 Å². The van der Waals surface area contributed by atoms with Crippen LogP contribution in [-0.2, 0) is 11.4 Å². The molecule has 0 radical (unpaired) electrons. The van der Waals surface area contributed by atoms with E-state index in [4.69, 9.17) is 15.7 Å². The summed E-state index contributed by atoms with van der Waals surface area (Å²) in [6.07, 6.45) is 9.70. The lowest BCUT2D eigenvalue weighted by molar-refractivity contribution is -0.121. The van der Waals surface area contributed by atoms with Gasteiger partial charge in [-0.15, -0.1) is 0 Å². The molecule has 0 saturated heterocycles. The molecule has 5 heteroatoms. The maximum absolute atomic E-state index is 10.9. The van der Waals surface area contributed by atoms with Crippen LogP contribution in [0.2, 0.25) is 0 Å². The third kappa shape index (κ3) is 9.92. The van der Waals surface area contributed by atoms with Crippen LogP contribution in [0.4, 0.5) is 0 Å². The number of hydrogen-bond acceptors (Lipinski definition) is 4. The summed E-state index contributed by atoms with van der Waals surface area (Å²) in [5.74, 6) is 5.81. The normalized spacial score (nSPS) is 10.5. The van der Waals surface area contributed by atoms with Gasteiger partial charge in [0, 0.05) is 6.42 Å². The van der Waals surface area contributed by atoms with Gasteiger partial charge in [0.25, 0.3) is 0 Å². The number of unbranched alkanes of at least 4 members (excludes halogenated alkanes) is 7. The zero-order chi connectivity index (χ0) is 16.8. The second-order valence-electron chi connectivity index (χ2n) is 5.80. The van der Waals surface area contributed by atoms with Gasteiger partial charge in [-0.2, -0.15) is 0 Å². The Kier molecular flexibility index (Phi) is 10.9. The average Bonchev–Trinajstić information content (AvgIpc) is 2.59. The number of aliphatic hydroxyl groups excluding tert-OH is 1. The molecule has 0 aliphatic rings. The third-order valence-corrected chi connectivity index (χ3v) is 3.83. The number of rotatable bonds is 13. The van der Waals surface area contributed by atoms with Crippen molar-refractivity contribution in [3.8, 4) is 5.75 Å². The molecule has 1 rings (SSSR count). The molecule has 0 heterocycles. The molecule has 0 spiro atoms. The number of benzene rings is 1. The van der Waals surface area contributed by atoms with E-state index in [1.54, 1.807) is 0 Å². The van der Waals surface area contributed by atoms with Crippen molar-refractivity contribution in [3.05, 3.63) is 29.8 Å². The molecule has 0 atom stereocenters. The second kappa shape index (κ2) is 12.9. The van der Waals surface area contributed by atoms with E-state index in [0.29, 0.717) is 6.42 Å². The Bertz CT molecular complexity index is 421. The second-order valence-corrected chi connectivity index (χ2v) is 5.80. The number of amides is 1. The highest BCUT2D eigenvalue weighted by atomic mass is 16.5. The molecule has 5 nitrogen and oxygen atoms in total. The molecule has 0 aromatic heterocycles. The molecule has 0 bridgehead atoms. The lowest BCUT2D eigenvalue weighted by atomic mass is 10.1. The summed E-state index contributed by atoms with van der Waals surface area (Å²) in [5, 5.41) is 8.97. The summed E-state index contributed by atoms with van der Waals surface area (Å²) < 4.78 is 5.67. The summed E-state index contributed by atoms with van der Waals surface area (Å²) in [6, 6.07) is 7.56. The summed E-state index contributed by atoms with van der Waals surface area (Å²) >= 11 is 0. The molecule has 4 N–H and O–H groups in total. The number of carbonyl (C=O) groups is 1. The molecule has 1 aromatic carbocycles. The van der Waals surface area contributed by atoms with Gasteiger partial charge in [-0.25, -0.2) is 5.84 Å². The molecule has 0 fully saturated rings. The zero-order valence-corrected chi connectivity index (χ0v) is 13.9. The van der Waals surface area contributed by atoms with Crippen LogP contribution in [0.5, 0.6) is 5.75 Å². The van der Waals surface area contributed by atoms with Crippen LogP contribution in [0.1, 0.15) is 63.4 Å². The van der Waals surface area contributed by atoms with E-state index >= 15 is 0 Å². The highest BCUT2D eigenvalue weighted by molar-refractivity contribution is 5.74. The van der Waals surface area contributed by atoms with Gasteiger partial charge in [0.15, 0.2) is 0 Å². The van der Waals surface area contributed by atoms with Gasteiger partial charge < -0.3 is 9.84 Å². The largest absolute Gasteiger partial charge is 0.494 e. The van der Waals surface area contributed by atoms with Crippen molar-refractivity contribution in [3.63, 3.8) is 0 Å². The van der Waals surface area contributed by atoms with Crippen molar-refractivity contribution in [2.24, 2.45) is 5.84 Å². The van der Waals surface area contributed by atoms with Crippen molar-refractivity contribution in [2.75, 3.05) is 6.61 Å². The van der Waals surface area contributed by atoms with E-state index < -0.39 is 0 Å². The quantitative estimate of drug-likeness (QED) is 0.225. The van der Waals surface area contributed by atoms with Gasteiger partial charge in [0.2, 0.25) is 5.91 Å². The van der Waals surface area contributed by atoms with E-state index in [0.717, 1.165) is 37.2 Å². The van der Waals surface area contributed by atoms with Crippen LogP contribution in [0.25, 0.3) is 0 Å². The molecule has 0 unspecified atom stereocenters. The van der Waals surface area contributed by atoms with Crippen LogP contribution in [0, 0.1) is 0 Å². The summed E-state index contributed by atoms with van der Waals surface area (Å²) in [6.45, 7) is 0.813. The minimum absolute atomic E-state index is 0.0699. The third-order valence-electron chi connectivity index (χ3n) is 3.83. The first-order chi connectivity index (χ1) is 11.3. The molecule has 130 valence electrons. The zero-order valence-electron chi connectivity index (χ0n) is 13.9. The highest BCUT2D eigenvalue weighted by Gasteiger charge is 1.98. The van der Waals surface area contributed by atoms with Gasteiger partial charge in [0.1, 0.15) is 5.75 Å². The topological polar surface area (TPSA) is 84.6 Å². The Balaban J connectivity index is 1.87. The minimum atomic E-state index is -0.0731. The number of ether oxygens (including phenoxy) is 1. The van der Waals surface area contributed by atoms with E-state index in [1.807, 2.05) is 24.3 Å². The monoisotopic (exact) mass is 322 g/mol. The maximum atomic E-state index is 10.9. The average molecular weight is 322 g/mol. The highest BCUT2D eigenvalue weighted by Crippen LogP contribution is 2.14. The summed E-state index contributed by atoms with van der Waals surface area (Å²) in [5.41, 5.74) is 3.05. The Labute approximate surface area is 139 Å². The van der Waals surface area contributed by atoms with Gasteiger partial charge >= 0.3 is 0 Å². The SMILES string of the molecule is NNC(=O)CCCCCCCCCCOc1ccc(CO)cc1. The summed E-state index contributed by atoms with van der Waals surface area (Å²) in [7, 11) is 0. The van der Waals surface area contributed by atoms with Crippen molar-refractivity contribution in [1.29, 1.82) is 0 Å². The van der Waals surface area contributed by atoms with Gasteiger partial charge in [0.05, 0.1) is 13.2 Å². The predicted molar refractivity (Wildman–Crippen MR) is 91.7 cm³/mol. The Morgan fingerprint density at radius 1 is 0.957 bits per heavy atom. The maximum Gasteiger partial charge on any atom is 0.233 e. The number of aliphatic hydroxyl groups is 1. The fourth-order valence-corrected chi connectivity index (χ4v) is 2.40. The number of nitrogens with two attached hydrogens (primary N) is 1. The molecule has 0 aliphatic carbocycles. The fraction of sp³-hybridized carbons (Fsp3) is 0.611. The molecular weight excluding hydrogens is 292 g/mol. The first-order valence-electron chi connectivity index (χ1n) is 8.58. The van der Waals surface area contributed by atoms with Crippen LogP contribution in [-0.4, -0.2) is 17.6 Å². The van der Waals surface area contributed by atoms with Crippen molar-refractivity contribution in [2.45, 2.75) is 64.4 Å². The van der Waals surface area contributed by atoms with Crippen molar-refractivity contribution < 1.29 is 14.6 Å². The molecule has 0 aliphatic heterocycles. The minimum Gasteiger partial charge on any atom is -0.494 e. The standard InChI is InChI=1S/C18H30N2O3/c19-20-18(22)9-7-5-3-1-2-4-6-8-14-23-17-12-10-16(15-21)11-13-17/h10-13,21H,1-9,14-15,19H2,(H,20,22). The first kappa shape index (κ1) is 19.5. The Hall–Kier alpha value is -1.59. The van der Waals surface area contributed by atoms with E-state index in [-0.39, 0.29) is 12.5 Å². The Morgan fingerprint density at radius 2 is 1.52 bits per heavy atom. The molecule has 23 heavy (non-hydrogen) atoms. The molecule has 0 saturated carbocycles. The number of nitrogens with one attached hydrogen (secondary N) is 1. The smallest absolute Gasteiger partial charge is 0.233 e. The van der Waals surface area contributed by atoms with Crippen LogP contribution in [0.3, 0.4) is 0 Å². The summed E-state index contributed by atoms with van der Waals surface area (Å²) in [4.78, 5) is 10.9. The van der Waals surface area contributed by atoms with Crippen LogP contribution in [0.15, 0.2) is 24.3 Å². The lowest BCUT2D eigenvalue weighted by Gasteiger charge is -2.07. The van der Waals surface area contributed by atoms with E-state index in [9.17, 15) is 4.79 Å². The van der Waals surface area contributed by atoms with Gasteiger partial charge in [-0.3, -0.25) is 10.2 Å². The first-order valence-corrected chi connectivity index (χ1v) is 8.58. The van der Waals surface area contributed by atoms with Crippen molar-refractivity contribution >= 4 is 5.91 Å². The van der Waals surface area contributed by atoms with E-state index in [2.05, 4.69) is 5.43 Å². The van der Waals surface area contributed by atoms with Crippen LogP contribution < -0.4 is 16.0 Å².